The molecule has 0 aliphatic heterocycles. The third-order valence-corrected chi connectivity index (χ3v) is 7.17. The van der Waals surface area contributed by atoms with Gasteiger partial charge in [-0.25, -0.2) is 9.59 Å². The van der Waals surface area contributed by atoms with E-state index >= 15 is 0 Å². The van der Waals surface area contributed by atoms with E-state index < -0.39 is 34.9 Å². The summed E-state index contributed by atoms with van der Waals surface area (Å²) >= 11 is 0. The summed E-state index contributed by atoms with van der Waals surface area (Å²) in [5, 5.41) is 1.29. The van der Waals surface area contributed by atoms with Crippen molar-refractivity contribution in [1.29, 1.82) is 0 Å². The van der Waals surface area contributed by atoms with Crippen LogP contribution >= 0.6 is 0 Å². The van der Waals surface area contributed by atoms with Gasteiger partial charge in [-0.15, -0.1) is 0 Å². The van der Waals surface area contributed by atoms with Crippen molar-refractivity contribution in [2.24, 2.45) is 11.8 Å². The quantitative estimate of drug-likeness (QED) is 0.371. The molecule has 2 heterocycles. The Hall–Kier alpha value is -4.20. The van der Waals surface area contributed by atoms with Gasteiger partial charge in [-0.05, 0) is 50.2 Å². The van der Waals surface area contributed by atoms with Crippen molar-refractivity contribution in [1.82, 2.24) is 0 Å². The first-order valence-corrected chi connectivity index (χ1v) is 11.5. The highest BCUT2D eigenvalue weighted by atomic mass is 16.5. The molecule has 2 aromatic heterocycles. The van der Waals surface area contributed by atoms with Crippen LogP contribution in [-0.2, 0) is 9.59 Å². The highest BCUT2D eigenvalue weighted by molar-refractivity contribution is 5.95. The highest BCUT2D eigenvalue weighted by Crippen LogP contribution is 2.63. The number of ketones is 2. The molecule has 8 nitrogen and oxygen atoms in total. The average Bonchev–Trinajstić information content (AvgIpc) is 2.83. The van der Waals surface area contributed by atoms with Crippen LogP contribution in [0.2, 0.25) is 0 Å². The zero-order valence-electron chi connectivity index (χ0n) is 20.2. The molecule has 36 heavy (non-hydrogen) atoms. The van der Waals surface area contributed by atoms with Crippen molar-refractivity contribution in [2.45, 2.75) is 25.7 Å². The number of methoxy groups -OCH3 is 2. The van der Waals surface area contributed by atoms with E-state index in [9.17, 15) is 19.2 Å². The summed E-state index contributed by atoms with van der Waals surface area (Å²) in [6, 6.07) is 12.9. The number of carbonyl (C=O) groups is 2. The largest absolute Gasteiger partial charge is 0.496 e. The normalized spacial score (nSPS) is 21.2. The molecule has 0 spiro atoms. The van der Waals surface area contributed by atoms with E-state index in [0.29, 0.717) is 33.4 Å². The molecule has 4 atom stereocenters. The van der Waals surface area contributed by atoms with Crippen LogP contribution < -0.4 is 20.7 Å². The summed E-state index contributed by atoms with van der Waals surface area (Å²) in [4.78, 5) is 50.4. The topological polar surface area (TPSA) is 113 Å². The first kappa shape index (κ1) is 23.5. The van der Waals surface area contributed by atoms with Gasteiger partial charge in [-0.3, -0.25) is 9.59 Å². The van der Waals surface area contributed by atoms with Crippen LogP contribution in [0.3, 0.4) is 0 Å². The number of rotatable bonds is 6. The summed E-state index contributed by atoms with van der Waals surface area (Å²) < 4.78 is 22.6. The number of benzene rings is 2. The maximum atomic E-state index is 13.0. The van der Waals surface area contributed by atoms with Gasteiger partial charge in [0.05, 0.1) is 14.2 Å². The van der Waals surface area contributed by atoms with E-state index in [4.69, 9.17) is 18.3 Å². The van der Waals surface area contributed by atoms with Crippen LogP contribution in [0.15, 0.2) is 67.0 Å². The number of hydrogen-bond acceptors (Lipinski definition) is 8. The maximum absolute atomic E-state index is 13.0. The fourth-order valence-electron chi connectivity index (χ4n) is 5.74. The van der Waals surface area contributed by atoms with Crippen molar-refractivity contribution in [2.75, 3.05) is 14.2 Å². The molecule has 2 aromatic carbocycles. The van der Waals surface area contributed by atoms with Crippen molar-refractivity contribution < 1.29 is 27.9 Å². The summed E-state index contributed by atoms with van der Waals surface area (Å²) in [7, 11) is 2.98. The first-order valence-electron chi connectivity index (χ1n) is 11.5. The van der Waals surface area contributed by atoms with Gasteiger partial charge < -0.3 is 18.3 Å². The molecule has 0 radical (unpaired) electrons. The molecule has 1 fully saturated rings. The van der Waals surface area contributed by atoms with Gasteiger partial charge in [0.15, 0.2) is 0 Å². The third-order valence-electron chi connectivity index (χ3n) is 7.17. The second-order valence-electron chi connectivity index (χ2n) is 9.03. The average molecular weight is 488 g/mol. The van der Waals surface area contributed by atoms with Crippen LogP contribution in [0.1, 0.15) is 36.8 Å². The Morgan fingerprint density at radius 2 is 1.00 bits per heavy atom. The van der Waals surface area contributed by atoms with E-state index in [1.54, 1.807) is 36.4 Å². The molecule has 1 aliphatic rings. The molecule has 0 unspecified atom stereocenters. The zero-order valence-corrected chi connectivity index (χ0v) is 20.2. The van der Waals surface area contributed by atoms with E-state index in [-0.39, 0.29) is 22.7 Å². The molecule has 8 heteroatoms. The minimum absolute atomic E-state index is 0.186. The van der Waals surface area contributed by atoms with Gasteiger partial charge >= 0.3 is 11.3 Å². The van der Waals surface area contributed by atoms with Crippen molar-refractivity contribution >= 4 is 33.5 Å². The Balaban J connectivity index is 1.89. The molecule has 4 aromatic rings. The molecule has 5 rings (SSSR count). The molecule has 0 bridgehead atoms. The lowest BCUT2D eigenvalue weighted by Gasteiger charge is -2.50. The van der Waals surface area contributed by atoms with Crippen molar-refractivity contribution in [3.8, 4) is 11.5 Å². The van der Waals surface area contributed by atoms with Crippen LogP contribution in [0.25, 0.3) is 21.9 Å². The number of carbonyl (C=O) groups excluding carboxylic acids is 2. The van der Waals surface area contributed by atoms with Gasteiger partial charge in [0, 0.05) is 57.7 Å². The van der Waals surface area contributed by atoms with Crippen LogP contribution in [-0.4, -0.2) is 25.8 Å². The molecule has 0 saturated heterocycles. The van der Waals surface area contributed by atoms with Crippen molar-refractivity contribution in [3.63, 3.8) is 0 Å². The lowest BCUT2D eigenvalue weighted by atomic mass is 9.50. The Bertz CT molecular complexity index is 1520. The Kier molecular flexibility index (Phi) is 5.74. The maximum Gasteiger partial charge on any atom is 0.336 e. The molecule has 1 saturated carbocycles. The molecule has 0 amide bonds. The molecule has 0 N–H and O–H groups in total. The second-order valence-corrected chi connectivity index (χ2v) is 9.03. The Morgan fingerprint density at radius 1 is 0.639 bits per heavy atom. The van der Waals surface area contributed by atoms with Gasteiger partial charge in [-0.1, -0.05) is 0 Å². The predicted octanol–water partition coefficient (Wildman–Crippen LogP) is 4.21. The smallest absolute Gasteiger partial charge is 0.336 e. The standard InChI is InChI=1S/C28H24O8/c1-13(29)21-22(14(2)30)26(24-18(34-4)10-6-16-8-12-20(32)36-28(16)24)25(21)23-17(33-3)9-5-15-7-11-19(31)35-27(15)23/h5-12,21-22,25-26H,1-4H3/t21-,22-,25-,26+/m1/s1. The lowest BCUT2D eigenvalue weighted by molar-refractivity contribution is -0.139. The van der Waals surface area contributed by atoms with E-state index in [1.807, 2.05) is 0 Å². The van der Waals surface area contributed by atoms with E-state index in [0.717, 1.165) is 0 Å². The van der Waals surface area contributed by atoms with Gasteiger partial charge in [0.2, 0.25) is 0 Å². The monoisotopic (exact) mass is 488 g/mol. The Morgan fingerprint density at radius 3 is 1.33 bits per heavy atom. The SMILES string of the molecule is COc1ccc2ccc(=O)oc2c1[C@@H]1[C@H](C(C)=O)[C@@H](C(C)=O)[C@@H]1c1c(OC)ccc2ccc(=O)oc12. The van der Waals surface area contributed by atoms with Crippen LogP contribution in [0.4, 0.5) is 0 Å². The lowest BCUT2D eigenvalue weighted by Crippen LogP contribution is -2.50. The van der Waals surface area contributed by atoms with Gasteiger partial charge in [0.1, 0.15) is 34.2 Å². The fraction of sp³-hybridized carbons (Fsp3) is 0.286. The molecule has 1 aliphatic carbocycles. The third kappa shape index (κ3) is 3.52. The predicted molar refractivity (Wildman–Crippen MR) is 132 cm³/mol. The summed E-state index contributed by atoms with van der Waals surface area (Å²) in [5.74, 6) is -2.21. The number of Topliss-reactive ketones (excluding diaryl/α,β-unsaturated/α-hetero) is 2. The number of hydrogen-bond donors (Lipinski definition) is 0. The van der Waals surface area contributed by atoms with E-state index in [1.165, 1.54) is 40.2 Å². The van der Waals surface area contributed by atoms with Crippen molar-refractivity contribution in [3.05, 3.63) is 80.5 Å². The highest BCUT2D eigenvalue weighted by Gasteiger charge is 2.58. The van der Waals surface area contributed by atoms with E-state index in [2.05, 4.69) is 0 Å². The van der Waals surface area contributed by atoms with Crippen LogP contribution in [0.5, 0.6) is 11.5 Å². The minimum atomic E-state index is -0.715. The second kappa shape index (κ2) is 8.78. The minimum Gasteiger partial charge on any atom is -0.496 e. The van der Waals surface area contributed by atoms with Gasteiger partial charge in [-0.2, -0.15) is 0 Å². The van der Waals surface area contributed by atoms with Crippen LogP contribution in [0, 0.1) is 11.8 Å². The summed E-state index contributed by atoms with van der Waals surface area (Å²) in [6.07, 6.45) is 0. The summed E-state index contributed by atoms with van der Waals surface area (Å²) in [6.45, 7) is 2.89. The first-order chi connectivity index (χ1) is 17.3. The Labute approximate surface area is 205 Å². The number of ether oxygens (including phenoxy) is 2. The fourth-order valence-corrected chi connectivity index (χ4v) is 5.74. The molecular formula is C28H24O8. The summed E-state index contributed by atoms with van der Waals surface area (Å²) in [5.41, 5.74) is 0.477. The molecule has 184 valence electrons. The van der Waals surface area contributed by atoms with Gasteiger partial charge in [0.25, 0.3) is 0 Å². The molecular weight excluding hydrogens is 464 g/mol. The number of fused-ring (bicyclic) bond motifs is 2. The zero-order chi connectivity index (χ0) is 25.7.